The molecule has 0 aromatic heterocycles. The summed E-state index contributed by atoms with van der Waals surface area (Å²) in [5, 5.41) is 0.734. The first kappa shape index (κ1) is 23.7. The molecule has 0 saturated carbocycles. The quantitative estimate of drug-likeness (QED) is 0.303. The molecule has 28 heavy (non-hydrogen) atoms. The fourth-order valence-corrected chi connectivity index (χ4v) is 3.85. The highest BCUT2D eigenvalue weighted by molar-refractivity contribution is 9.12. The van der Waals surface area contributed by atoms with Crippen LogP contribution in [0.1, 0.15) is 12.0 Å². The van der Waals surface area contributed by atoms with Gasteiger partial charge in [0.15, 0.2) is 0 Å². The molecular weight excluding hydrogens is 633 g/mol. The van der Waals surface area contributed by atoms with Crippen molar-refractivity contribution in [2.24, 2.45) is 0 Å². The molecule has 1 aliphatic carbocycles. The summed E-state index contributed by atoms with van der Waals surface area (Å²) in [5.74, 6) is -0.498. The van der Waals surface area contributed by atoms with Crippen LogP contribution in [0.3, 0.4) is 0 Å². The van der Waals surface area contributed by atoms with Gasteiger partial charge >= 0.3 is 0 Å². The maximum atomic E-state index is 13.5. The maximum absolute atomic E-state index is 13.5. The van der Waals surface area contributed by atoms with Crippen LogP contribution in [0, 0.1) is 11.6 Å². The molecule has 0 spiro atoms. The van der Waals surface area contributed by atoms with Crippen LogP contribution in [0.4, 0.5) is 13.2 Å². The van der Waals surface area contributed by atoms with Crippen molar-refractivity contribution in [1.82, 2.24) is 0 Å². The highest BCUT2D eigenvalue weighted by Gasteiger charge is 2.25. The molecule has 150 valence electrons. The summed E-state index contributed by atoms with van der Waals surface area (Å²) in [4.78, 5) is 0. The smallest absolute Gasteiger partial charge is 0.136 e. The van der Waals surface area contributed by atoms with Crippen molar-refractivity contribution >= 4 is 63.7 Å². The van der Waals surface area contributed by atoms with Gasteiger partial charge in [0.2, 0.25) is 0 Å². The summed E-state index contributed by atoms with van der Waals surface area (Å²) < 4.78 is 45.7. The van der Waals surface area contributed by atoms with Crippen LogP contribution in [0.25, 0.3) is 0 Å². The van der Waals surface area contributed by atoms with Crippen molar-refractivity contribution in [2.45, 2.75) is 17.4 Å². The Hall–Kier alpha value is -0.570. The second-order valence-corrected chi connectivity index (χ2v) is 9.73. The van der Waals surface area contributed by atoms with Crippen molar-refractivity contribution in [3.8, 4) is 5.75 Å². The second kappa shape index (κ2) is 11.0. The molecule has 0 heterocycles. The highest BCUT2D eigenvalue weighted by Crippen LogP contribution is 2.33. The van der Waals surface area contributed by atoms with Crippen LogP contribution in [0.2, 0.25) is 0 Å². The molecule has 1 aliphatic rings. The Morgan fingerprint density at radius 2 is 1.79 bits per heavy atom. The second-order valence-electron chi connectivity index (χ2n) is 5.88. The number of rotatable bonds is 4. The summed E-state index contributed by atoms with van der Waals surface area (Å²) in [6.45, 7) is 0.0231. The van der Waals surface area contributed by atoms with Gasteiger partial charge in [0.05, 0.1) is 8.80 Å². The van der Waals surface area contributed by atoms with Gasteiger partial charge in [-0.15, -0.1) is 0 Å². The molecule has 3 rings (SSSR count). The van der Waals surface area contributed by atoms with E-state index in [1.165, 1.54) is 24.3 Å². The summed E-state index contributed by atoms with van der Waals surface area (Å²) in [6.07, 6.45) is 5.61. The average Bonchev–Trinajstić information content (AvgIpc) is 2.64. The lowest BCUT2D eigenvalue weighted by Crippen LogP contribution is -2.21. The minimum atomic E-state index is -0.402. The van der Waals surface area contributed by atoms with Crippen molar-refractivity contribution in [1.29, 1.82) is 0 Å². The van der Waals surface area contributed by atoms with E-state index in [4.69, 9.17) is 4.74 Å². The SMILES string of the molecule is FC1=CC=CC(Br)(CBr)C1.Fc1ccc(Br)c(OCc2c(F)cccc2Br)c1. The predicted molar refractivity (Wildman–Crippen MR) is 121 cm³/mol. The van der Waals surface area contributed by atoms with E-state index in [0.717, 1.165) is 5.33 Å². The zero-order valence-corrected chi connectivity index (χ0v) is 20.7. The molecule has 1 unspecified atom stereocenters. The van der Waals surface area contributed by atoms with Crippen molar-refractivity contribution in [2.75, 3.05) is 5.33 Å². The zero-order chi connectivity index (χ0) is 20.7. The molecule has 1 atom stereocenters. The number of allylic oxidation sites excluding steroid dienone is 4. The molecule has 2 aromatic carbocycles. The maximum Gasteiger partial charge on any atom is 0.136 e. The van der Waals surface area contributed by atoms with Gasteiger partial charge < -0.3 is 4.74 Å². The molecule has 0 radical (unpaired) electrons. The van der Waals surface area contributed by atoms with Crippen molar-refractivity contribution in [3.05, 3.63) is 86.6 Å². The molecule has 8 heteroatoms. The van der Waals surface area contributed by atoms with Gasteiger partial charge in [-0.3, -0.25) is 0 Å². The van der Waals surface area contributed by atoms with Gasteiger partial charge in [0, 0.05) is 27.9 Å². The van der Waals surface area contributed by atoms with Crippen LogP contribution in [-0.4, -0.2) is 9.65 Å². The number of hydrogen-bond acceptors (Lipinski definition) is 1. The number of benzene rings is 2. The highest BCUT2D eigenvalue weighted by atomic mass is 79.9. The Labute approximate surface area is 195 Å². The van der Waals surface area contributed by atoms with E-state index < -0.39 is 5.82 Å². The molecule has 0 amide bonds. The fourth-order valence-electron chi connectivity index (χ4n) is 2.22. The number of ether oxygens (including phenoxy) is 1. The van der Waals surface area contributed by atoms with Crippen LogP contribution in [0.5, 0.6) is 5.75 Å². The van der Waals surface area contributed by atoms with E-state index in [1.54, 1.807) is 24.3 Å². The third-order valence-electron chi connectivity index (χ3n) is 3.68. The third-order valence-corrected chi connectivity index (χ3v) is 7.66. The van der Waals surface area contributed by atoms with Gasteiger partial charge in [-0.25, -0.2) is 13.2 Å². The molecule has 1 nitrogen and oxygen atoms in total. The minimum absolute atomic E-state index is 0.0231. The zero-order valence-electron chi connectivity index (χ0n) is 14.4. The fraction of sp³-hybridized carbons (Fsp3) is 0.200. The molecule has 0 saturated heterocycles. The van der Waals surface area contributed by atoms with E-state index in [9.17, 15) is 13.2 Å². The summed E-state index contributed by atoms with van der Waals surface area (Å²) in [7, 11) is 0. The normalized spacial score (nSPS) is 18.2. The first-order valence-corrected chi connectivity index (χ1v) is 11.5. The lowest BCUT2D eigenvalue weighted by Gasteiger charge is -2.21. The van der Waals surface area contributed by atoms with Crippen LogP contribution >= 0.6 is 63.7 Å². The largest absolute Gasteiger partial charge is 0.487 e. The summed E-state index contributed by atoms with van der Waals surface area (Å²) in [6, 6.07) is 8.78. The van der Waals surface area contributed by atoms with Crippen LogP contribution < -0.4 is 4.74 Å². The van der Waals surface area contributed by atoms with Crippen LogP contribution in [-0.2, 0) is 6.61 Å². The molecule has 0 N–H and O–H groups in total. The molecule has 2 aromatic rings. The standard InChI is InChI=1S/C13H8Br2F2O.C7H7Br2F/c14-10-2-1-3-12(17)9(10)7-18-13-6-8(16)4-5-11(13)15;8-5-7(9)3-1-2-6(10)4-7/h1-6H,7H2;1-3H,4-5H2. The van der Waals surface area contributed by atoms with E-state index in [-0.39, 0.29) is 22.6 Å². The summed E-state index contributed by atoms with van der Waals surface area (Å²) in [5.41, 5.74) is 0.397. The lowest BCUT2D eigenvalue weighted by molar-refractivity contribution is 0.295. The number of halogens is 7. The Morgan fingerprint density at radius 3 is 2.39 bits per heavy atom. The Bertz CT molecular complexity index is 865. The molecule has 0 aliphatic heterocycles. The first-order valence-electron chi connectivity index (χ1n) is 8.03. The van der Waals surface area contributed by atoms with Gasteiger partial charge in [-0.2, -0.15) is 0 Å². The van der Waals surface area contributed by atoms with Gasteiger partial charge in [0.1, 0.15) is 29.8 Å². The number of alkyl halides is 2. The van der Waals surface area contributed by atoms with Gasteiger partial charge in [-0.1, -0.05) is 66.0 Å². The predicted octanol–water partition coefficient (Wildman–Crippen LogP) is 8.40. The Kier molecular flexibility index (Phi) is 9.31. The summed E-state index contributed by atoms with van der Waals surface area (Å²) >= 11 is 13.2. The lowest BCUT2D eigenvalue weighted by atomic mass is 10.0. The van der Waals surface area contributed by atoms with Crippen molar-refractivity contribution in [3.63, 3.8) is 0 Å². The monoisotopic (exact) mass is 644 g/mol. The molecule has 0 bridgehead atoms. The van der Waals surface area contributed by atoms with E-state index in [1.807, 2.05) is 6.08 Å². The third kappa shape index (κ3) is 7.04. The minimum Gasteiger partial charge on any atom is -0.487 e. The van der Waals surface area contributed by atoms with E-state index >= 15 is 0 Å². The number of hydrogen-bond donors (Lipinski definition) is 0. The molecular formula is C20H15Br4F3O. The Morgan fingerprint density at radius 1 is 1.04 bits per heavy atom. The average molecular weight is 648 g/mol. The van der Waals surface area contributed by atoms with E-state index in [0.29, 0.717) is 26.7 Å². The Balaban J connectivity index is 0.000000237. The van der Waals surface area contributed by atoms with Gasteiger partial charge in [0.25, 0.3) is 0 Å². The topological polar surface area (TPSA) is 9.23 Å². The van der Waals surface area contributed by atoms with Crippen molar-refractivity contribution < 1.29 is 17.9 Å². The van der Waals surface area contributed by atoms with Gasteiger partial charge in [-0.05, 0) is 46.3 Å². The first-order chi connectivity index (χ1) is 13.2. The van der Waals surface area contributed by atoms with Crippen LogP contribution in [0.15, 0.2) is 69.4 Å². The van der Waals surface area contributed by atoms with E-state index in [2.05, 4.69) is 63.7 Å². The molecule has 0 fully saturated rings.